The molecule has 248 valence electrons. The van der Waals surface area contributed by atoms with E-state index in [-0.39, 0.29) is 0 Å². The van der Waals surface area contributed by atoms with Crippen LogP contribution in [-0.2, 0) is 0 Å². The third-order valence-electron chi connectivity index (χ3n) is 10.8. The van der Waals surface area contributed by atoms with Gasteiger partial charge in [-0.15, -0.1) is 0 Å². The summed E-state index contributed by atoms with van der Waals surface area (Å²) >= 11 is 0. The molecule has 2 heterocycles. The number of nitrogens with zero attached hydrogens (tertiary/aromatic N) is 2. The lowest BCUT2D eigenvalue weighted by molar-refractivity contribution is 0.669. The van der Waals surface area contributed by atoms with Crippen molar-refractivity contribution in [2.45, 2.75) is 0 Å². The molecular formula is C50H32N2O. The van der Waals surface area contributed by atoms with E-state index in [2.05, 4.69) is 191 Å². The molecule has 9 aromatic carbocycles. The standard InChI is InChI=1S/C50H32N2O/c1-2-10-33(11-3-1)34-20-22-37(23-21-34)51(38-24-26-39(27-25-38)52-47-15-7-4-12-42(47)43-13-5-8-16-48(43)52)40-28-29-41-35(30-40)18-19-36-31-46-44-14-6-9-17-49(44)53-50(46)32-45(36)41/h1-32H. The van der Waals surface area contributed by atoms with E-state index >= 15 is 0 Å². The minimum Gasteiger partial charge on any atom is -0.456 e. The third-order valence-corrected chi connectivity index (χ3v) is 10.8. The predicted octanol–water partition coefficient (Wildman–Crippen LogP) is 14.1. The van der Waals surface area contributed by atoms with Crippen LogP contribution in [0, 0.1) is 0 Å². The summed E-state index contributed by atoms with van der Waals surface area (Å²) in [6.07, 6.45) is 0. The molecule has 0 unspecified atom stereocenters. The van der Waals surface area contributed by atoms with Crippen LogP contribution in [0.1, 0.15) is 0 Å². The molecule has 11 aromatic rings. The Kier molecular flexibility index (Phi) is 6.55. The van der Waals surface area contributed by atoms with Crippen molar-refractivity contribution in [1.82, 2.24) is 4.57 Å². The smallest absolute Gasteiger partial charge is 0.136 e. The largest absolute Gasteiger partial charge is 0.456 e. The first kappa shape index (κ1) is 29.6. The number of anilines is 3. The van der Waals surface area contributed by atoms with E-state index in [9.17, 15) is 0 Å². The summed E-state index contributed by atoms with van der Waals surface area (Å²) in [5.41, 5.74) is 11.1. The van der Waals surface area contributed by atoms with E-state index in [4.69, 9.17) is 4.42 Å². The van der Waals surface area contributed by atoms with Crippen molar-refractivity contribution < 1.29 is 4.42 Å². The predicted molar refractivity (Wildman–Crippen MR) is 223 cm³/mol. The molecule has 0 saturated carbocycles. The number of hydrogen-bond acceptors (Lipinski definition) is 2. The Hall–Kier alpha value is -7.10. The molecule has 0 radical (unpaired) electrons. The van der Waals surface area contributed by atoms with Crippen molar-refractivity contribution in [3.05, 3.63) is 194 Å². The number of hydrogen-bond donors (Lipinski definition) is 0. The van der Waals surface area contributed by atoms with Gasteiger partial charge >= 0.3 is 0 Å². The lowest BCUT2D eigenvalue weighted by Crippen LogP contribution is -2.10. The minimum atomic E-state index is 0.916. The van der Waals surface area contributed by atoms with Gasteiger partial charge in [-0.05, 0) is 112 Å². The van der Waals surface area contributed by atoms with Gasteiger partial charge in [-0.25, -0.2) is 0 Å². The highest BCUT2D eigenvalue weighted by atomic mass is 16.3. The number of fused-ring (bicyclic) bond motifs is 9. The van der Waals surface area contributed by atoms with E-state index in [0.717, 1.165) is 44.7 Å². The zero-order valence-electron chi connectivity index (χ0n) is 28.8. The van der Waals surface area contributed by atoms with Gasteiger partial charge in [0.25, 0.3) is 0 Å². The molecule has 0 amide bonds. The zero-order chi connectivity index (χ0) is 34.9. The highest BCUT2D eigenvalue weighted by Crippen LogP contribution is 2.41. The monoisotopic (exact) mass is 676 g/mol. The Balaban J connectivity index is 1.05. The summed E-state index contributed by atoms with van der Waals surface area (Å²) in [4.78, 5) is 2.36. The molecule has 53 heavy (non-hydrogen) atoms. The zero-order valence-corrected chi connectivity index (χ0v) is 28.8. The number of para-hydroxylation sites is 3. The Morgan fingerprint density at radius 3 is 1.62 bits per heavy atom. The molecule has 0 aliphatic heterocycles. The maximum atomic E-state index is 6.30. The molecule has 3 nitrogen and oxygen atoms in total. The second-order valence-electron chi connectivity index (χ2n) is 13.8. The van der Waals surface area contributed by atoms with Gasteiger partial charge in [0.2, 0.25) is 0 Å². The second kappa shape index (κ2) is 11.7. The molecule has 0 spiro atoms. The van der Waals surface area contributed by atoms with Gasteiger partial charge in [-0.2, -0.15) is 0 Å². The number of rotatable bonds is 5. The van der Waals surface area contributed by atoms with Crippen molar-refractivity contribution in [3.8, 4) is 16.8 Å². The quantitative estimate of drug-likeness (QED) is 0.169. The number of benzene rings is 9. The Labute approximate surface area is 306 Å². The van der Waals surface area contributed by atoms with Crippen LogP contribution in [0.25, 0.3) is 82.1 Å². The molecule has 0 bridgehead atoms. The summed E-state index contributed by atoms with van der Waals surface area (Å²) in [6, 6.07) is 69.8. The van der Waals surface area contributed by atoms with Gasteiger partial charge in [-0.1, -0.05) is 115 Å². The fraction of sp³-hybridized carbons (Fsp3) is 0. The molecule has 2 aromatic heterocycles. The minimum absolute atomic E-state index is 0.916. The molecular weight excluding hydrogens is 645 g/mol. The molecule has 0 N–H and O–H groups in total. The summed E-state index contributed by atoms with van der Waals surface area (Å²) in [5.74, 6) is 0. The molecule has 0 atom stereocenters. The fourth-order valence-electron chi connectivity index (χ4n) is 8.24. The summed E-state index contributed by atoms with van der Waals surface area (Å²) in [7, 11) is 0. The Morgan fingerprint density at radius 1 is 0.340 bits per heavy atom. The van der Waals surface area contributed by atoms with Crippen molar-refractivity contribution in [2.75, 3.05) is 4.90 Å². The van der Waals surface area contributed by atoms with Crippen LogP contribution in [0.15, 0.2) is 199 Å². The van der Waals surface area contributed by atoms with Crippen LogP contribution in [-0.4, -0.2) is 4.57 Å². The first-order valence-corrected chi connectivity index (χ1v) is 18.1. The van der Waals surface area contributed by atoms with Gasteiger partial charge in [0.05, 0.1) is 11.0 Å². The third kappa shape index (κ3) is 4.75. The lowest BCUT2D eigenvalue weighted by Gasteiger charge is -2.26. The SMILES string of the molecule is c1ccc(-c2ccc(N(c3ccc(-n4c5ccccc5c5ccccc54)cc3)c3ccc4c(ccc5cc6c(cc54)oc4ccccc46)c3)cc2)cc1. The summed E-state index contributed by atoms with van der Waals surface area (Å²) < 4.78 is 8.67. The average molecular weight is 677 g/mol. The van der Waals surface area contributed by atoms with Crippen molar-refractivity contribution in [3.63, 3.8) is 0 Å². The highest BCUT2D eigenvalue weighted by molar-refractivity contribution is 6.16. The molecule has 3 heteroatoms. The molecule has 0 aliphatic rings. The van der Waals surface area contributed by atoms with Crippen LogP contribution in [0.2, 0.25) is 0 Å². The first-order valence-electron chi connectivity index (χ1n) is 18.1. The molecule has 0 fully saturated rings. The molecule has 11 rings (SSSR count). The van der Waals surface area contributed by atoms with Crippen LogP contribution < -0.4 is 4.90 Å². The van der Waals surface area contributed by atoms with Crippen molar-refractivity contribution in [1.29, 1.82) is 0 Å². The van der Waals surface area contributed by atoms with Gasteiger partial charge in [0.1, 0.15) is 11.2 Å². The summed E-state index contributed by atoms with van der Waals surface area (Å²) in [6.45, 7) is 0. The molecule has 0 saturated heterocycles. The van der Waals surface area contributed by atoms with Crippen LogP contribution >= 0.6 is 0 Å². The van der Waals surface area contributed by atoms with Crippen LogP contribution in [0.5, 0.6) is 0 Å². The van der Waals surface area contributed by atoms with Crippen molar-refractivity contribution in [2.24, 2.45) is 0 Å². The number of aromatic nitrogens is 1. The van der Waals surface area contributed by atoms with Gasteiger partial charge < -0.3 is 13.9 Å². The molecule has 0 aliphatic carbocycles. The normalized spacial score (nSPS) is 11.8. The highest BCUT2D eigenvalue weighted by Gasteiger charge is 2.17. The van der Waals surface area contributed by atoms with Crippen LogP contribution in [0.3, 0.4) is 0 Å². The topological polar surface area (TPSA) is 21.3 Å². The lowest BCUT2D eigenvalue weighted by atomic mass is 9.99. The summed E-state index contributed by atoms with van der Waals surface area (Å²) in [5, 5.41) is 9.60. The average Bonchev–Trinajstić information content (AvgIpc) is 3.76. The maximum Gasteiger partial charge on any atom is 0.136 e. The number of furan rings is 1. The van der Waals surface area contributed by atoms with E-state index < -0.39 is 0 Å². The van der Waals surface area contributed by atoms with Gasteiger partial charge in [0, 0.05) is 44.3 Å². The van der Waals surface area contributed by atoms with Crippen LogP contribution in [0.4, 0.5) is 17.1 Å². The van der Waals surface area contributed by atoms with E-state index in [0.29, 0.717) is 0 Å². The van der Waals surface area contributed by atoms with E-state index in [1.165, 1.54) is 54.5 Å². The first-order chi connectivity index (χ1) is 26.3. The maximum absolute atomic E-state index is 6.30. The Bertz CT molecular complexity index is 3100. The van der Waals surface area contributed by atoms with Crippen molar-refractivity contribution >= 4 is 82.4 Å². The Morgan fingerprint density at radius 2 is 0.906 bits per heavy atom. The van der Waals surface area contributed by atoms with Gasteiger partial charge in [0.15, 0.2) is 0 Å². The van der Waals surface area contributed by atoms with E-state index in [1.54, 1.807) is 0 Å². The van der Waals surface area contributed by atoms with Gasteiger partial charge in [-0.3, -0.25) is 0 Å². The fourth-order valence-corrected chi connectivity index (χ4v) is 8.24. The van der Waals surface area contributed by atoms with E-state index in [1.807, 2.05) is 12.1 Å². The second-order valence-corrected chi connectivity index (χ2v) is 13.8.